The summed E-state index contributed by atoms with van der Waals surface area (Å²) in [5.41, 5.74) is 0.801. The number of fused-ring (bicyclic) bond motifs is 1. The van der Waals surface area contributed by atoms with E-state index in [0.29, 0.717) is 23.2 Å². The predicted octanol–water partition coefficient (Wildman–Crippen LogP) is 3.55. The van der Waals surface area contributed by atoms with Gasteiger partial charge in [-0.1, -0.05) is 6.42 Å². The fourth-order valence-corrected chi connectivity index (χ4v) is 3.85. The fraction of sp³-hybridized carbons (Fsp3) is 0.647. The maximum atomic E-state index is 14.1. The van der Waals surface area contributed by atoms with E-state index in [1.807, 2.05) is 6.92 Å². The first-order valence-corrected chi connectivity index (χ1v) is 8.02. The zero-order chi connectivity index (χ0) is 15.0. The van der Waals surface area contributed by atoms with Crippen LogP contribution in [0.4, 0.5) is 8.78 Å². The molecule has 3 atom stereocenters. The quantitative estimate of drug-likeness (QED) is 0.917. The SMILES string of the molecule is Cc1cc(F)c(C(C)NC2CCN3CCCCC23)cc1F. The van der Waals surface area contributed by atoms with Crippen LogP contribution >= 0.6 is 0 Å². The molecule has 3 rings (SSSR count). The van der Waals surface area contributed by atoms with Crippen molar-refractivity contribution in [1.82, 2.24) is 10.2 Å². The van der Waals surface area contributed by atoms with Crippen molar-refractivity contribution in [3.63, 3.8) is 0 Å². The van der Waals surface area contributed by atoms with E-state index in [-0.39, 0.29) is 17.7 Å². The van der Waals surface area contributed by atoms with Crippen molar-refractivity contribution in [3.05, 3.63) is 34.9 Å². The molecule has 21 heavy (non-hydrogen) atoms. The Kier molecular flexibility index (Phi) is 4.27. The van der Waals surface area contributed by atoms with E-state index in [0.717, 1.165) is 13.0 Å². The van der Waals surface area contributed by atoms with Crippen molar-refractivity contribution >= 4 is 0 Å². The molecule has 2 aliphatic heterocycles. The fourth-order valence-electron chi connectivity index (χ4n) is 3.85. The van der Waals surface area contributed by atoms with Gasteiger partial charge in [-0.05, 0) is 57.4 Å². The molecule has 4 heteroatoms. The van der Waals surface area contributed by atoms with Gasteiger partial charge in [0.1, 0.15) is 11.6 Å². The zero-order valence-corrected chi connectivity index (χ0v) is 12.8. The molecule has 0 saturated carbocycles. The number of nitrogens with zero attached hydrogens (tertiary/aromatic N) is 1. The first-order valence-electron chi connectivity index (χ1n) is 8.02. The molecule has 1 aromatic carbocycles. The van der Waals surface area contributed by atoms with Crippen molar-refractivity contribution in [1.29, 1.82) is 0 Å². The Bertz CT molecular complexity index is 518. The third-order valence-electron chi connectivity index (χ3n) is 5.06. The Hall–Kier alpha value is -1.00. The molecule has 0 bridgehead atoms. The zero-order valence-electron chi connectivity index (χ0n) is 12.8. The van der Waals surface area contributed by atoms with Gasteiger partial charge < -0.3 is 5.32 Å². The molecule has 2 nitrogen and oxygen atoms in total. The lowest BCUT2D eigenvalue weighted by Gasteiger charge is -2.34. The van der Waals surface area contributed by atoms with Gasteiger partial charge in [0.05, 0.1) is 0 Å². The van der Waals surface area contributed by atoms with Crippen LogP contribution in [0.15, 0.2) is 12.1 Å². The van der Waals surface area contributed by atoms with Crippen LogP contribution in [0.2, 0.25) is 0 Å². The van der Waals surface area contributed by atoms with E-state index in [1.165, 1.54) is 37.9 Å². The van der Waals surface area contributed by atoms with Gasteiger partial charge in [-0.2, -0.15) is 0 Å². The lowest BCUT2D eigenvalue weighted by molar-refractivity contribution is 0.177. The Morgan fingerprint density at radius 3 is 2.76 bits per heavy atom. The van der Waals surface area contributed by atoms with Crippen molar-refractivity contribution in [2.24, 2.45) is 0 Å². The van der Waals surface area contributed by atoms with E-state index in [1.54, 1.807) is 6.92 Å². The summed E-state index contributed by atoms with van der Waals surface area (Å²) in [6.45, 7) is 5.83. The highest BCUT2D eigenvalue weighted by atomic mass is 19.1. The molecule has 116 valence electrons. The average Bonchev–Trinajstić information content (AvgIpc) is 2.86. The number of piperidine rings is 1. The molecular formula is C17H24F2N2. The summed E-state index contributed by atoms with van der Waals surface area (Å²) in [5.74, 6) is -0.641. The molecule has 3 unspecified atom stereocenters. The highest BCUT2D eigenvalue weighted by Gasteiger charge is 2.36. The number of rotatable bonds is 3. The number of aryl methyl sites for hydroxylation is 1. The minimum Gasteiger partial charge on any atom is -0.306 e. The van der Waals surface area contributed by atoms with Crippen LogP contribution in [0.3, 0.4) is 0 Å². The molecular weight excluding hydrogens is 270 g/mol. The topological polar surface area (TPSA) is 15.3 Å². The molecule has 0 radical (unpaired) electrons. The minimum absolute atomic E-state index is 0.160. The van der Waals surface area contributed by atoms with Crippen LogP contribution in [-0.4, -0.2) is 30.1 Å². The van der Waals surface area contributed by atoms with Crippen LogP contribution in [0.1, 0.15) is 49.8 Å². The monoisotopic (exact) mass is 294 g/mol. The first-order chi connectivity index (χ1) is 10.1. The number of hydrogen-bond donors (Lipinski definition) is 1. The normalized spacial score (nSPS) is 27.6. The predicted molar refractivity (Wildman–Crippen MR) is 80.3 cm³/mol. The summed E-state index contributed by atoms with van der Waals surface area (Å²) in [6.07, 6.45) is 4.89. The highest BCUT2D eigenvalue weighted by molar-refractivity contribution is 5.27. The largest absolute Gasteiger partial charge is 0.306 e. The summed E-state index contributed by atoms with van der Waals surface area (Å²) in [4.78, 5) is 2.54. The van der Waals surface area contributed by atoms with Gasteiger partial charge in [0.2, 0.25) is 0 Å². The van der Waals surface area contributed by atoms with Crippen molar-refractivity contribution < 1.29 is 8.78 Å². The lowest BCUT2D eigenvalue weighted by atomic mass is 9.97. The van der Waals surface area contributed by atoms with Crippen LogP contribution in [0, 0.1) is 18.6 Å². The van der Waals surface area contributed by atoms with Gasteiger partial charge in [-0.15, -0.1) is 0 Å². The standard InChI is InChI=1S/C17H24F2N2/c1-11-9-15(19)13(10-14(11)18)12(2)20-16-6-8-21-7-4-3-5-17(16)21/h9-10,12,16-17,20H,3-8H2,1-2H3. The van der Waals surface area contributed by atoms with Gasteiger partial charge in [0.15, 0.2) is 0 Å². The molecule has 0 amide bonds. The summed E-state index contributed by atoms with van der Waals surface area (Å²) in [5, 5.41) is 3.53. The molecule has 1 aromatic rings. The third kappa shape index (κ3) is 2.97. The second-order valence-electron chi connectivity index (χ2n) is 6.51. The van der Waals surface area contributed by atoms with E-state index in [2.05, 4.69) is 10.2 Å². The Morgan fingerprint density at radius 2 is 1.95 bits per heavy atom. The van der Waals surface area contributed by atoms with Gasteiger partial charge in [-0.25, -0.2) is 8.78 Å². The van der Waals surface area contributed by atoms with Crippen LogP contribution in [0.5, 0.6) is 0 Å². The second kappa shape index (κ2) is 6.01. The number of benzene rings is 1. The summed E-state index contributed by atoms with van der Waals surface area (Å²) >= 11 is 0. The van der Waals surface area contributed by atoms with Gasteiger partial charge in [0.25, 0.3) is 0 Å². The molecule has 0 aliphatic carbocycles. The van der Waals surface area contributed by atoms with Crippen LogP contribution in [0.25, 0.3) is 0 Å². The Balaban J connectivity index is 1.71. The number of hydrogen-bond acceptors (Lipinski definition) is 2. The van der Waals surface area contributed by atoms with E-state index < -0.39 is 0 Å². The van der Waals surface area contributed by atoms with E-state index in [4.69, 9.17) is 0 Å². The molecule has 0 spiro atoms. The average molecular weight is 294 g/mol. The first kappa shape index (κ1) is 14.9. The number of halogens is 2. The summed E-state index contributed by atoms with van der Waals surface area (Å²) in [6, 6.07) is 3.44. The maximum absolute atomic E-state index is 14.1. The van der Waals surface area contributed by atoms with Crippen LogP contribution in [-0.2, 0) is 0 Å². The van der Waals surface area contributed by atoms with Crippen LogP contribution < -0.4 is 5.32 Å². The molecule has 2 saturated heterocycles. The molecule has 2 fully saturated rings. The molecule has 0 aromatic heterocycles. The molecule has 1 N–H and O–H groups in total. The summed E-state index contributed by atoms with van der Waals surface area (Å²) in [7, 11) is 0. The molecule has 2 aliphatic rings. The van der Waals surface area contributed by atoms with E-state index >= 15 is 0 Å². The minimum atomic E-state index is -0.328. The summed E-state index contributed by atoms with van der Waals surface area (Å²) < 4.78 is 27.8. The highest BCUT2D eigenvalue weighted by Crippen LogP contribution is 2.29. The van der Waals surface area contributed by atoms with Crippen molar-refractivity contribution in [3.8, 4) is 0 Å². The van der Waals surface area contributed by atoms with Gasteiger partial charge >= 0.3 is 0 Å². The second-order valence-corrected chi connectivity index (χ2v) is 6.51. The van der Waals surface area contributed by atoms with Crippen molar-refractivity contribution in [2.75, 3.05) is 13.1 Å². The van der Waals surface area contributed by atoms with E-state index in [9.17, 15) is 8.78 Å². The van der Waals surface area contributed by atoms with Crippen molar-refractivity contribution in [2.45, 2.75) is 57.7 Å². The Morgan fingerprint density at radius 1 is 1.14 bits per heavy atom. The van der Waals surface area contributed by atoms with Gasteiger partial charge in [0, 0.05) is 30.2 Å². The number of nitrogens with one attached hydrogen (secondary N) is 1. The maximum Gasteiger partial charge on any atom is 0.128 e. The smallest absolute Gasteiger partial charge is 0.128 e. The third-order valence-corrected chi connectivity index (χ3v) is 5.06. The van der Waals surface area contributed by atoms with Gasteiger partial charge in [-0.3, -0.25) is 4.90 Å². The molecule has 2 heterocycles. The Labute approximate surface area is 125 Å². The lowest BCUT2D eigenvalue weighted by Crippen LogP contribution is -2.45.